The van der Waals surface area contributed by atoms with Gasteiger partial charge < -0.3 is 15.5 Å². The Bertz CT molecular complexity index is 1130. The highest BCUT2D eigenvalue weighted by molar-refractivity contribution is 6.09. The zero-order chi connectivity index (χ0) is 23.5. The van der Waals surface area contributed by atoms with Crippen LogP contribution in [0.2, 0.25) is 0 Å². The van der Waals surface area contributed by atoms with Crippen LogP contribution in [-0.4, -0.2) is 29.8 Å². The molecule has 4 rings (SSSR count). The fourth-order valence-corrected chi connectivity index (χ4v) is 4.87. The number of aryl methyl sites for hydroxylation is 1. The van der Waals surface area contributed by atoms with Gasteiger partial charge in [-0.25, -0.2) is 4.98 Å². The van der Waals surface area contributed by atoms with Crippen LogP contribution in [0.4, 0.5) is 11.5 Å². The van der Waals surface area contributed by atoms with Gasteiger partial charge in [-0.2, -0.15) is 0 Å². The predicted octanol–water partition coefficient (Wildman–Crippen LogP) is 4.84. The number of rotatable bonds is 6. The van der Waals surface area contributed by atoms with Gasteiger partial charge >= 0.3 is 0 Å². The van der Waals surface area contributed by atoms with Crippen molar-refractivity contribution in [3.05, 3.63) is 76.3 Å². The van der Waals surface area contributed by atoms with Crippen LogP contribution in [0.15, 0.2) is 65.1 Å². The van der Waals surface area contributed by atoms with Gasteiger partial charge in [-0.15, -0.1) is 0 Å². The zero-order valence-corrected chi connectivity index (χ0v) is 19.9. The molecule has 2 aliphatic rings. The maximum absolute atomic E-state index is 13.5. The van der Waals surface area contributed by atoms with E-state index in [0.29, 0.717) is 17.8 Å². The smallest absolute Gasteiger partial charge is 0.255 e. The van der Waals surface area contributed by atoms with Crippen molar-refractivity contribution in [2.45, 2.75) is 52.9 Å². The van der Waals surface area contributed by atoms with Gasteiger partial charge in [0.1, 0.15) is 5.82 Å². The molecule has 1 aromatic carbocycles. The lowest BCUT2D eigenvalue weighted by Gasteiger charge is -2.34. The Hall–Kier alpha value is -3.41. The predicted molar refractivity (Wildman–Crippen MR) is 132 cm³/mol. The van der Waals surface area contributed by atoms with Gasteiger partial charge in [0.05, 0.1) is 0 Å². The molecule has 0 saturated carbocycles. The van der Waals surface area contributed by atoms with Gasteiger partial charge in [0.2, 0.25) is 0 Å². The summed E-state index contributed by atoms with van der Waals surface area (Å²) in [5.41, 5.74) is 6.14. The van der Waals surface area contributed by atoms with Gasteiger partial charge in [-0.05, 0) is 75.9 Å². The highest BCUT2D eigenvalue weighted by atomic mass is 16.2. The molecule has 2 aromatic rings. The van der Waals surface area contributed by atoms with Crippen LogP contribution in [0.3, 0.4) is 0 Å². The van der Waals surface area contributed by atoms with E-state index in [4.69, 9.17) is 0 Å². The first-order valence-corrected chi connectivity index (χ1v) is 11.8. The molecule has 172 valence electrons. The van der Waals surface area contributed by atoms with E-state index in [-0.39, 0.29) is 11.7 Å². The molecule has 6 heteroatoms. The fraction of sp³-hybridized carbons (Fsp3) is 0.370. The number of dihydropyridines is 1. The Morgan fingerprint density at radius 1 is 1.12 bits per heavy atom. The quantitative estimate of drug-likeness (QED) is 0.667. The minimum Gasteiger partial charge on any atom is -0.372 e. The SMILES string of the molecule is CCN(CC)c1ccc([C@@H]2C(C(=O)Nc3cc(C)ccn3)=C(C)NC3=C2C(=O)CCC3)cc1. The van der Waals surface area contributed by atoms with Gasteiger partial charge in [0.15, 0.2) is 5.78 Å². The molecule has 2 N–H and O–H groups in total. The monoisotopic (exact) mass is 444 g/mol. The van der Waals surface area contributed by atoms with Crippen molar-refractivity contribution < 1.29 is 9.59 Å². The normalized spacial score (nSPS) is 18.1. The zero-order valence-electron chi connectivity index (χ0n) is 19.9. The van der Waals surface area contributed by atoms with Crippen molar-refractivity contribution in [1.29, 1.82) is 0 Å². The summed E-state index contributed by atoms with van der Waals surface area (Å²) in [5.74, 6) is -0.0100. The second-order valence-electron chi connectivity index (χ2n) is 8.70. The van der Waals surface area contributed by atoms with Crippen LogP contribution in [0, 0.1) is 6.92 Å². The molecule has 0 spiro atoms. The third-order valence-corrected chi connectivity index (χ3v) is 6.53. The molecule has 1 aliphatic carbocycles. The number of benzene rings is 1. The highest BCUT2D eigenvalue weighted by Crippen LogP contribution is 2.42. The Balaban J connectivity index is 1.75. The number of aromatic nitrogens is 1. The van der Waals surface area contributed by atoms with Gasteiger partial charge in [0.25, 0.3) is 5.91 Å². The van der Waals surface area contributed by atoms with Crippen molar-refractivity contribution in [3.63, 3.8) is 0 Å². The average molecular weight is 445 g/mol. The van der Waals surface area contributed by atoms with Crippen molar-refractivity contribution in [1.82, 2.24) is 10.3 Å². The summed E-state index contributed by atoms with van der Waals surface area (Å²) >= 11 is 0. The summed E-state index contributed by atoms with van der Waals surface area (Å²) in [4.78, 5) is 33.2. The first-order chi connectivity index (χ1) is 15.9. The third-order valence-electron chi connectivity index (χ3n) is 6.53. The molecule has 0 bridgehead atoms. The van der Waals surface area contributed by atoms with Gasteiger partial charge in [-0.3, -0.25) is 9.59 Å². The molecule has 0 saturated heterocycles. The minimum absolute atomic E-state index is 0.119. The Kier molecular flexibility index (Phi) is 6.63. The number of anilines is 2. The van der Waals surface area contributed by atoms with Crippen LogP contribution < -0.4 is 15.5 Å². The summed E-state index contributed by atoms with van der Waals surface area (Å²) in [6.07, 6.45) is 3.85. The summed E-state index contributed by atoms with van der Waals surface area (Å²) < 4.78 is 0. The molecule has 1 atom stereocenters. The second-order valence-corrected chi connectivity index (χ2v) is 8.70. The molecule has 1 aromatic heterocycles. The van der Waals surface area contributed by atoms with Crippen molar-refractivity contribution in [2.24, 2.45) is 0 Å². The first kappa shape index (κ1) is 22.8. The number of ketones is 1. The molecular formula is C27H32N4O2. The van der Waals surface area contributed by atoms with Crippen LogP contribution in [0.25, 0.3) is 0 Å². The van der Waals surface area contributed by atoms with E-state index in [1.54, 1.807) is 6.20 Å². The number of hydrogen-bond donors (Lipinski definition) is 2. The number of carbonyl (C=O) groups excluding carboxylic acids is 2. The highest BCUT2D eigenvalue weighted by Gasteiger charge is 2.38. The van der Waals surface area contributed by atoms with E-state index < -0.39 is 5.92 Å². The average Bonchev–Trinajstić information content (AvgIpc) is 2.79. The Morgan fingerprint density at radius 2 is 1.85 bits per heavy atom. The van der Waals surface area contributed by atoms with Crippen molar-refractivity contribution in [2.75, 3.05) is 23.3 Å². The van der Waals surface area contributed by atoms with E-state index in [1.165, 1.54) is 0 Å². The number of nitrogens with one attached hydrogen (secondary N) is 2. The van der Waals surface area contributed by atoms with E-state index in [0.717, 1.165) is 59.7 Å². The number of allylic oxidation sites excluding steroid dienone is 3. The first-order valence-electron chi connectivity index (χ1n) is 11.8. The number of amides is 1. The Morgan fingerprint density at radius 3 is 2.52 bits per heavy atom. The molecule has 0 unspecified atom stereocenters. The summed E-state index contributed by atoms with van der Waals surface area (Å²) in [6, 6.07) is 12.0. The minimum atomic E-state index is -0.399. The van der Waals surface area contributed by atoms with Gasteiger partial charge in [-0.1, -0.05) is 12.1 Å². The maximum atomic E-state index is 13.5. The topological polar surface area (TPSA) is 74.3 Å². The molecular weight excluding hydrogens is 412 g/mol. The molecule has 33 heavy (non-hydrogen) atoms. The van der Waals surface area contributed by atoms with Crippen molar-refractivity contribution in [3.8, 4) is 0 Å². The summed E-state index contributed by atoms with van der Waals surface area (Å²) in [7, 11) is 0. The maximum Gasteiger partial charge on any atom is 0.255 e. The fourth-order valence-electron chi connectivity index (χ4n) is 4.87. The van der Waals surface area contributed by atoms with E-state index in [9.17, 15) is 9.59 Å². The molecule has 0 radical (unpaired) electrons. The Labute approximate surface area is 195 Å². The summed E-state index contributed by atoms with van der Waals surface area (Å²) in [6.45, 7) is 9.99. The number of pyridine rings is 1. The molecule has 1 aliphatic heterocycles. The van der Waals surface area contributed by atoms with Gasteiger partial charge in [0, 0.05) is 59.9 Å². The van der Waals surface area contributed by atoms with E-state index >= 15 is 0 Å². The number of hydrogen-bond acceptors (Lipinski definition) is 5. The van der Waals surface area contributed by atoms with Crippen LogP contribution in [-0.2, 0) is 9.59 Å². The molecule has 1 amide bonds. The summed E-state index contributed by atoms with van der Waals surface area (Å²) in [5, 5.41) is 6.32. The van der Waals surface area contributed by atoms with Crippen molar-refractivity contribution >= 4 is 23.2 Å². The standard InChI is InChI=1S/C27H32N4O2/c1-5-31(6-2)20-12-10-19(11-13-20)25-24(27(33)30-23-16-17(3)14-15-28-23)18(4)29-21-8-7-9-22(32)26(21)25/h10-16,25,29H,5-9H2,1-4H3,(H,28,30,33)/t25-/m1/s1. The van der Waals surface area contributed by atoms with E-state index in [1.807, 2.05) is 26.0 Å². The third kappa shape index (κ3) is 4.56. The lowest BCUT2D eigenvalue weighted by molar-refractivity contribution is -0.116. The molecule has 0 fully saturated rings. The van der Waals surface area contributed by atoms with Crippen LogP contribution in [0.5, 0.6) is 0 Å². The number of carbonyl (C=O) groups is 2. The molecule has 2 heterocycles. The largest absolute Gasteiger partial charge is 0.372 e. The number of nitrogens with zero attached hydrogens (tertiary/aromatic N) is 2. The van der Waals surface area contributed by atoms with Crippen LogP contribution in [0.1, 0.15) is 57.1 Å². The van der Waals surface area contributed by atoms with E-state index in [2.05, 4.69) is 58.6 Å². The van der Waals surface area contributed by atoms with Crippen LogP contribution >= 0.6 is 0 Å². The molecule has 6 nitrogen and oxygen atoms in total. The lowest BCUT2D eigenvalue weighted by atomic mass is 9.75. The number of Topliss-reactive ketones (excluding diaryl/α,β-unsaturated/α-hetero) is 1. The lowest BCUT2D eigenvalue weighted by Crippen LogP contribution is -2.35. The second kappa shape index (κ2) is 9.61.